The van der Waals surface area contributed by atoms with E-state index < -0.39 is 129 Å². The number of aliphatic hydroxyl groups is 10. The number of rotatable bonds is 35. The highest BCUT2D eigenvalue weighted by Crippen LogP contribution is 2.17. The number of carboxylic acids is 2. The second-order valence-corrected chi connectivity index (χ2v) is 18.0. The van der Waals surface area contributed by atoms with Gasteiger partial charge in [-0.15, -0.1) is 5.06 Å². The van der Waals surface area contributed by atoms with Crippen LogP contribution < -0.4 is 16.4 Å². The summed E-state index contributed by atoms with van der Waals surface area (Å²) in [4.78, 5) is 144. The van der Waals surface area contributed by atoms with E-state index in [9.17, 15) is 98.4 Å². The van der Waals surface area contributed by atoms with Gasteiger partial charge in [0.05, 0.1) is 31.3 Å². The summed E-state index contributed by atoms with van der Waals surface area (Å²) >= 11 is 0. The fourth-order valence-corrected chi connectivity index (χ4v) is 6.98. The van der Waals surface area contributed by atoms with Crippen LogP contribution in [0, 0.1) is 5.92 Å². The first-order chi connectivity index (χ1) is 36.7. The number of carbonyl (C=O) groups excluding carboxylic acids is 10. The van der Waals surface area contributed by atoms with Crippen LogP contribution in [0.25, 0.3) is 0 Å². The Morgan fingerprint density at radius 1 is 0.525 bits per heavy atom. The molecule has 0 bridgehead atoms. The van der Waals surface area contributed by atoms with E-state index >= 15 is 0 Å². The van der Waals surface area contributed by atoms with E-state index in [1.165, 1.54) is 24.3 Å². The molecule has 31 heteroatoms. The van der Waals surface area contributed by atoms with Crippen molar-refractivity contribution in [2.75, 3.05) is 39.4 Å². The van der Waals surface area contributed by atoms with E-state index in [2.05, 4.69) is 10.6 Å². The van der Waals surface area contributed by atoms with E-state index in [1.54, 1.807) is 0 Å². The summed E-state index contributed by atoms with van der Waals surface area (Å²) in [6, 6.07) is -1.17. The van der Waals surface area contributed by atoms with Crippen LogP contribution in [0.3, 0.4) is 0 Å². The number of nitrogens with zero attached hydrogens (tertiary/aromatic N) is 3. The molecule has 80 heavy (non-hydrogen) atoms. The number of aliphatic hydroxyl groups excluding tert-OH is 10. The van der Waals surface area contributed by atoms with Gasteiger partial charge >= 0.3 is 17.9 Å². The number of imide groups is 3. The zero-order chi connectivity index (χ0) is 59.2. The number of hydroxylamine groups is 2. The van der Waals surface area contributed by atoms with Crippen molar-refractivity contribution in [2.24, 2.45) is 11.7 Å². The predicted octanol–water partition coefficient (Wildman–Crippen LogP) is -5.45. The summed E-state index contributed by atoms with van der Waals surface area (Å²) in [6.07, 6.45) is -6.28. The highest BCUT2D eigenvalue weighted by atomic mass is 16.7. The van der Waals surface area contributed by atoms with Gasteiger partial charge in [0.15, 0.2) is 0 Å². The Morgan fingerprint density at radius 2 is 0.900 bits per heavy atom. The number of carbonyl (C=O) groups is 12. The van der Waals surface area contributed by atoms with Crippen LogP contribution in [-0.4, -0.2) is 241 Å². The van der Waals surface area contributed by atoms with Crippen molar-refractivity contribution in [1.29, 1.82) is 0 Å². The summed E-state index contributed by atoms with van der Waals surface area (Å²) in [7, 11) is 0. The van der Waals surface area contributed by atoms with E-state index in [0.29, 0.717) is 50.1 Å². The molecule has 0 saturated carbocycles. The maximum absolute atomic E-state index is 12.1. The Balaban J connectivity index is 0. The minimum Gasteiger partial charge on any atom is -0.481 e. The van der Waals surface area contributed by atoms with Crippen LogP contribution in [-0.2, 0) is 62.4 Å². The van der Waals surface area contributed by atoms with Crippen LogP contribution in [0.5, 0.6) is 0 Å². The standard InChI is InChI=1S/C22H34N2O11.C14H16N2O6.C11H22N2O8.2CH4/c25-12-16(28)21(33)20(32)15(27)11-23-17(29)6-5-13(22(34)35)10-14(26)4-2-1-3-9-24-18(30)7-8-19(24)31;17-10-5-6-11(18)15(10)9-3-1-2-4-14(21)22-16-12(19)7-8-13(16)20;12-5(11(20)21)1-2-8(17)13-3-6(15)9(18)10(19)7(16)4-14;;/h7-8,13,15-16,20-21,25,27-28,32-33H,1-6,9-12H2,(H,23,29)(H,34,35);5-6H,1-4,7-9H2;5-7,9-10,14-16,18-19H,1-4,12H2,(H,13,17)(H,20,21);2*1H4/t13-,15+,16-,20-,21-;;5-,6-,7+,9+,10+;;/m1.0../s1. The van der Waals surface area contributed by atoms with Crippen molar-refractivity contribution in [2.45, 2.75) is 166 Å². The molecule has 0 radical (unpaired) electrons. The first-order valence-corrected chi connectivity index (χ1v) is 24.7. The van der Waals surface area contributed by atoms with Gasteiger partial charge in [0.1, 0.15) is 48.4 Å². The molecule has 0 aromatic rings. The number of amides is 8. The van der Waals surface area contributed by atoms with Crippen molar-refractivity contribution >= 4 is 70.9 Å². The third-order valence-corrected chi connectivity index (χ3v) is 11.8. The van der Waals surface area contributed by atoms with Crippen LogP contribution >= 0.6 is 0 Å². The molecule has 16 N–H and O–H groups in total. The second kappa shape index (κ2) is 39.8. The van der Waals surface area contributed by atoms with Crippen LogP contribution in [0.15, 0.2) is 24.3 Å². The molecule has 0 aliphatic carbocycles. The molecule has 3 aliphatic rings. The Labute approximate surface area is 460 Å². The average molecular weight is 1150 g/mol. The second-order valence-electron chi connectivity index (χ2n) is 18.0. The number of aliphatic carboxylic acids is 2. The van der Waals surface area contributed by atoms with Gasteiger partial charge in [0.25, 0.3) is 35.4 Å². The molecule has 10 atom stereocenters. The van der Waals surface area contributed by atoms with Gasteiger partial charge in [0.2, 0.25) is 11.8 Å². The monoisotopic (exact) mass is 1150 g/mol. The van der Waals surface area contributed by atoms with Crippen molar-refractivity contribution in [3.63, 3.8) is 0 Å². The number of nitrogens with two attached hydrogens (primary N) is 1. The third-order valence-electron chi connectivity index (χ3n) is 11.8. The summed E-state index contributed by atoms with van der Waals surface area (Å²) in [5, 5.41) is 116. The van der Waals surface area contributed by atoms with E-state index in [0.717, 1.165) is 9.80 Å². The zero-order valence-corrected chi connectivity index (χ0v) is 42.5. The molecular weight excluding hydrogens is 1070 g/mol. The number of ketones is 1. The lowest BCUT2D eigenvalue weighted by molar-refractivity contribution is -0.197. The number of carboxylic acid groups (broad SMARTS) is 2. The number of hydrogen-bond donors (Lipinski definition) is 15. The number of nitrogens with one attached hydrogen (secondary N) is 2. The minimum atomic E-state index is -1.84. The lowest BCUT2D eigenvalue weighted by Crippen LogP contribution is -2.49. The molecule has 1 fully saturated rings. The van der Waals surface area contributed by atoms with Gasteiger partial charge in [-0.3, -0.25) is 62.5 Å². The fraction of sp³-hybridized carbons (Fsp3) is 0.673. The van der Waals surface area contributed by atoms with Gasteiger partial charge in [-0.05, 0) is 38.5 Å². The van der Waals surface area contributed by atoms with Crippen LogP contribution in [0.2, 0.25) is 0 Å². The summed E-state index contributed by atoms with van der Waals surface area (Å²) in [5.41, 5.74) is 5.20. The van der Waals surface area contributed by atoms with E-state index in [4.69, 9.17) is 31.0 Å². The van der Waals surface area contributed by atoms with Crippen LogP contribution in [0.4, 0.5) is 0 Å². The summed E-state index contributed by atoms with van der Waals surface area (Å²) < 4.78 is 0. The number of unbranched alkanes of at least 4 members (excludes halogenated alkanes) is 4. The molecular formula is C49H80N6O25. The maximum Gasteiger partial charge on any atom is 0.333 e. The first kappa shape index (κ1) is 75.6. The topological polar surface area (TPSA) is 517 Å². The Morgan fingerprint density at radius 3 is 1.27 bits per heavy atom. The van der Waals surface area contributed by atoms with Gasteiger partial charge in [0, 0.05) is 95.4 Å². The van der Waals surface area contributed by atoms with Gasteiger partial charge in [-0.25, -0.2) is 4.79 Å². The van der Waals surface area contributed by atoms with Crippen molar-refractivity contribution in [3.8, 4) is 0 Å². The molecule has 8 amide bonds. The molecule has 31 nitrogen and oxygen atoms in total. The normalized spacial score (nSPS) is 17.5. The van der Waals surface area contributed by atoms with E-state index in [1.807, 2.05) is 0 Å². The van der Waals surface area contributed by atoms with Gasteiger partial charge in [-0.1, -0.05) is 27.7 Å². The van der Waals surface area contributed by atoms with Crippen LogP contribution in [0.1, 0.15) is 111 Å². The third kappa shape index (κ3) is 28.1. The van der Waals surface area contributed by atoms with Crippen molar-refractivity contribution < 1.29 is 124 Å². The molecule has 0 unspecified atom stereocenters. The molecule has 0 spiro atoms. The molecule has 1 saturated heterocycles. The maximum atomic E-state index is 12.1. The Bertz CT molecular complexity index is 2070. The molecule has 0 aromatic heterocycles. The molecule has 3 rings (SSSR count). The zero-order valence-electron chi connectivity index (χ0n) is 42.5. The fourth-order valence-electron chi connectivity index (χ4n) is 6.98. The summed E-state index contributed by atoms with van der Waals surface area (Å²) in [6.45, 7) is -2.00. The van der Waals surface area contributed by atoms with E-state index in [-0.39, 0.29) is 109 Å². The van der Waals surface area contributed by atoms with Crippen molar-refractivity contribution in [1.82, 2.24) is 25.5 Å². The lowest BCUT2D eigenvalue weighted by atomic mass is 9.94. The molecule has 3 aliphatic heterocycles. The quantitative estimate of drug-likeness (QED) is 0.0208. The number of hydrogen-bond acceptors (Lipinski definition) is 24. The Kier molecular flexibility index (Phi) is 37.6. The minimum absolute atomic E-state index is 0. The molecule has 0 aromatic carbocycles. The summed E-state index contributed by atoms with van der Waals surface area (Å²) in [5.74, 6) is -8.12. The van der Waals surface area contributed by atoms with Gasteiger partial charge < -0.3 is 82.5 Å². The lowest BCUT2D eigenvalue weighted by Gasteiger charge is -2.25. The smallest absolute Gasteiger partial charge is 0.333 e. The highest BCUT2D eigenvalue weighted by molar-refractivity contribution is 6.13. The largest absolute Gasteiger partial charge is 0.481 e. The van der Waals surface area contributed by atoms with Crippen molar-refractivity contribution in [3.05, 3.63) is 24.3 Å². The number of Topliss-reactive ketones (excluding diaryl/α,β-unsaturated/α-hetero) is 1. The average Bonchev–Trinajstić information content (AvgIpc) is 4.03. The molecule has 3 heterocycles. The SMILES string of the molecule is C.C.N[C@@H](CCC(=O)NC[C@H](O)[C@@H](O)[C@H](O)[C@H](O)CO)C(=O)O.O=C(CCCCCN1C(=O)C=CC1=O)C[C@@H](CCC(=O)NC[C@H](O)[C@@H](O)[C@H](O)[C@H](O)CO)C(=O)O.O=C(CCCCCN1C(=O)C=CC1=O)ON1C(=O)CCC1=O. The molecule has 456 valence electrons. The Hall–Kier alpha value is -6.52. The van der Waals surface area contributed by atoms with Gasteiger partial charge in [-0.2, -0.15) is 0 Å². The predicted molar refractivity (Wildman–Crippen MR) is 272 cm³/mol. The highest BCUT2D eigenvalue weighted by Gasteiger charge is 2.34. The first-order valence-electron chi connectivity index (χ1n) is 24.7.